The van der Waals surface area contributed by atoms with Crippen molar-refractivity contribution < 1.29 is 4.79 Å². The fourth-order valence-electron chi connectivity index (χ4n) is 4.56. The second-order valence-electron chi connectivity index (χ2n) is 6.08. The molecular weight excluding hydrogens is 200 g/mol. The molecule has 0 radical (unpaired) electrons. The van der Waals surface area contributed by atoms with Crippen LogP contribution in [0.15, 0.2) is 0 Å². The molecule has 4 rings (SSSR count). The van der Waals surface area contributed by atoms with Crippen LogP contribution in [0, 0.1) is 23.7 Å². The molecule has 0 heterocycles. The summed E-state index contributed by atoms with van der Waals surface area (Å²) >= 11 is 0. The van der Waals surface area contributed by atoms with E-state index in [4.69, 9.17) is 5.73 Å². The van der Waals surface area contributed by atoms with Gasteiger partial charge in [0.15, 0.2) is 5.78 Å². The maximum absolute atomic E-state index is 11.3. The van der Waals surface area contributed by atoms with Gasteiger partial charge in [-0.1, -0.05) is 0 Å². The topological polar surface area (TPSA) is 55.1 Å². The standard InChI is InChI=1S/C13H22N2O/c14-6-12(16)7-15-13-10-2-8-1-9(4-10)5-11(13)3-8/h8-11,13,15H,1-7,14H2. The average molecular weight is 222 g/mol. The Balaban J connectivity index is 1.61. The van der Waals surface area contributed by atoms with E-state index >= 15 is 0 Å². The van der Waals surface area contributed by atoms with Crippen LogP contribution in [-0.4, -0.2) is 24.9 Å². The molecule has 4 aliphatic rings. The summed E-state index contributed by atoms with van der Waals surface area (Å²) in [7, 11) is 0. The number of ketones is 1. The van der Waals surface area contributed by atoms with Gasteiger partial charge in [-0.15, -0.1) is 0 Å². The maximum atomic E-state index is 11.3. The first-order valence-electron chi connectivity index (χ1n) is 6.71. The minimum Gasteiger partial charge on any atom is -0.324 e. The second-order valence-corrected chi connectivity index (χ2v) is 6.08. The quantitative estimate of drug-likeness (QED) is 0.744. The monoisotopic (exact) mass is 222 g/mol. The van der Waals surface area contributed by atoms with Gasteiger partial charge < -0.3 is 11.1 Å². The highest BCUT2D eigenvalue weighted by molar-refractivity contribution is 5.82. The Morgan fingerprint density at radius 2 is 1.62 bits per heavy atom. The second kappa shape index (κ2) is 4.11. The minimum atomic E-state index is 0.147. The summed E-state index contributed by atoms with van der Waals surface area (Å²) in [5.74, 6) is 3.86. The summed E-state index contributed by atoms with van der Waals surface area (Å²) in [6, 6.07) is 0.614. The Labute approximate surface area is 97.2 Å². The summed E-state index contributed by atoms with van der Waals surface area (Å²) in [6.45, 7) is 0.670. The van der Waals surface area contributed by atoms with Crippen molar-refractivity contribution in [1.29, 1.82) is 0 Å². The number of carbonyl (C=O) groups excluding carboxylic acids is 1. The van der Waals surface area contributed by atoms with E-state index in [1.807, 2.05) is 0 Å². The van der Waals surface area contributed by atoms with Gasteiger partial charge in [-0.05, 0) is 55.8 Å². The highest BCUT2D eigenvalue weighted by atomic mass is 16.1. The largest absolute Gasteiger partial charge is 0.324 e. The number of hydrogen-bond acceptors (Lipinski definition) is 3. The molecule has 4 bridgehead atoms. The van der Waals surface area contributed by atoms with Gasteiger partial charge in [0.2, 0.25) is 0 Å². The first kappa shape index (κ1) is 10.7. The predicted octanol–water partition coefficient (Wildman–Crippen LogP) is 0.928. The van der Waals surface area contributed by atoms with Crippen LogP contribution in [0.25, 0.3) is 0 Å². The van der Waals surface area contributed by atoms with E-state index in [0.29, 0.717) is 12.6 Å². The van der Waals surface area contributed by atoms with E-state index in [-0.39, 0.29) is 12.3 Å². The van der Waals surface area contributed by atoms with Crippen LogP contribution in [0.3, 0.4) is 0 Å². The van der Waals surface area contributed by atoms with E-state index in [0.717, 1.165) is 23.7 Å². The molecule has 0 saturated heterocycles. The van der Waals surface area contributed by atoms with Crippen molar-refractivity contribution in [3.8, 4) is 0 Å². The number of hydrogen-bond donors (Lipinski definition) is 2. The van der Waals surface area contributed by atoms with E-state index in [1.165, 1.54) is 32.1 Å². The van der Waals surface area contributed by atoms with Crippen molar-refractivity contribution in [3.05, 3.63) is 0 Å². The SMILES string of the molecule is NCC(=O)CNC1C2CC3CC(C2)CC1C3. The number of carbonyl (C=O) groups is 1. The van der Waals surface area contributed by atoms with Crippen LogP contribution >= 0.6 is 0 Å². The molecule has 0 aliphatic heterocycles. The third kappa shape index (κ3) is 1.80. The first-order valence-corrected chi connectivity index (χ1v) is 6.71. The van der Waals surface area contributed by atoms with Crippen LogP contribution in [0.2, 0.25) is 0 Å². The van der Waals surface area contributed by atoms with Crippen molar-refractivity contribution in [1.82, 2.24) is 5.32 Å². The van der Waals surface area contributed by atoms with Crippen molar-refractivity contribution in [2.24, 2.45) is 29.4 Å². The molecule has 4 aliphatic carbocycles. The highest BCUT2D eigenvalue weighted by Gasteiger charge is 2.47. The molecule has 0 aromatic rings. The lowest BCUT2D eigenvalue weighted by Crippen LogP contribution is -2.55. The zero-order valence-corrected chi connectivity index (χ0v) is 9.82. The molecule has 0 atom stereocenters. The molecule has 4 fully saturated rings. The third-order valence-electron chi connectivity index (χ3n) is 4.99. The van der Waals surface area contributed by atoms with Crippen LogP contribution in [0.1, 0.15) is 32.1 Å². The first-order chi connectivity index (χ1) is 7.76. The van der Waals surface area contributed by atoms with Crippen LogP contribution in [0.5, 0.6) is 0 Å². The highest BCUT2D eigenvalue weighted by Crippen LogP contribution is 2.53. The normalized spacial score (nSPS) is 44.9. The Morgan fingerprint density at radius 1 is 1.06 bits per heavy atom. The van der Waals surface area contributed by atoms with Crippen LogP contribution < -0.4 is 11.1 Å². The van der Waals surface area contributed by atoms with Gasteiger partial charge in [-0.25, -0.2) is 0 Å². The number of nitrogens with two attached hydrogens (primary N) is 1. The minimum absolute atomic E-state index is 0.147. The van der Waals surface area contributed by atoms with Gasteiger partial charge in [0.05, 0.1) is 13.1 Å². The molecule has 0 amide bonds. The molecule has 0 aromatic heterocycles. The lowest BCUT2D eigenvalue weighted by molar-refractivity contribution is -0.117. The molecular formula is C13H22N2O. The van der Waals surface area contributed by atoms with Crippen molar-refractivity contribution in [3.63, 3.8) is 0 Å². The van der Waals surface area contributed by atoms with Gasteiger partial charge in [-0.2, -0.15) is 0 Å². The Hall–Kier alpha value is -0.410. The fraction of sp³-hybridized carbons (Fsp3) is 0.923. The van der Waals surface area contributed by atoms with E-state index in [2.05, 4.69) is 5.32 Å². The van der Waals surface area contributed by atoms with Gasteiger partial charge in [0, 0.05) is 6.04 Å². The summed E-state index contributed by atoms with van der Waals surface area (Å²) in [5, 5.41) is 3.49. The number of rotatable bonds is 4. The molecule has 0 aromatic carbocycles. The average Bonchev–Trinajstić information content (AvgIpc) is 2.26. The van der Waals surface area contributed by atoms with E-state index in [1.54, 1.807) is 0 Å². The van der Waals surface area contributed by atoms with E-state index < -0.39 is 0 Å². The van der Waals surface area contributed by atoms with Gasteiger partial charge in [0.1, 0.15) is 0 Å². The zero-order valence-electron chi connectivity index (χ0n) is 9.82. The summed E-state index contributed by atoms with van der Waals surface area (Å²) < 4.78 is 0. The maximum Gasteiger partial charge on any atom is 0.160 e. The predicted molar refractivity (Wildman–Crippen MR) is 62.9 cm³/mol. The molecule has 3 nitrogen and oxygen atoms in total. The lowest BCUT2D eigenvalue weighted by Gasteiger charge is -2.54. The third-order valence-corrected chi connectivity index (χ3v) is 4.99. The smallest absolute Gasteiger partial charge is 0.160 e. The fourth-order valence-corrected chi connectivity index (χ4v) is 4.56. The molecule has 0 unspecified atom stereocenters. The zero-order chi connectivity index (χ0) is 11.1. The molecule has 0 spiro atoms. The van der Waals surface area contributed by atoms with Gasteiger partial charge in [-0.3, -0.25) is 4.79 Å². The Bertz CT molecular complexity index is 262. The van der Waals surface area contributed by atoms with Gasteiger partial charge in [0.25, 0.3) is 0 Å². The molecule has 3 N–H and O–H groups in total. The molecule has 16 heavy (non-hydrogen) atoms. The van der Waals surface area contributed by atoms with Gasteiger partial charge >= 0.3 is 0 Å². The summed E-state index contributed by atoms with van der Waals surface area (Å²) in [6.07, 6.45) is 7.10. The molecule has 3 heteroatoms. The summed E-state index contributed by atoms with van der Waals surface area (Å²) in [5.41, 5.74) is 5.34. The Morgan fingerprint density at radius 3 is 2.12 bits per heavy atom. The van der Waals surface area contributed by atoms with E-state index in [9.17, 15) is 4.79 Å². The Kier molecular flexibility index (Phi) is 2.76. The number of nitrogens with one attached hydrogen (secondary N) is 1. The van der Waals surface area contributed by atoms with Crippen molar-refractivity contribution in [2.75, 3.05) is 13.1 Å². The summed E-state index contributed by atoms with van der Waals surface area (Å²) in [4.78, 5) is 11.3. The van der Waals surface area contributed by atoms with Crippen molar-refractivity contribution >= 4 is 5.78 Å². The van der Waals surface area contributed by atoms with Crippen LogP contribution in [-0.2, 0) is 4.79 Å². The lowest BCUT2D eigenvalue weighted by atomic mass is 9.54. The number of Topliss-reactive ketones (excluding diaryl/α,β-unsaturated/α-hetero) is 1. The molecule has 4 saturated carbocycles. The molecule has 90 valence electrons. The van der Waals surface area contributed by atoms with Crippen LogP contribution in [0.4, 0.5) is 0 Å². The van der Waals surface area contributed by atoms with Crippen molar-refractivity contribution in [2.45, 2.75) is 38.1 Å².